The Bertz CT molecular complexity index is 332. The third kappa shape index (κ3) is 2.65. The van der Waals surface area contributed by atoms with Crippen molar-refractivity contribution in [3.05, 3.63) is 20.3 Å². The maximum absolute atomic E-state index is 3.62. The standard InChI is InChI=1S/C13H19BrS/c1-9-11(14)7-12(15-9)10-5-4-6-13(2,3)8-10/h7,10H,4-6,8H2,1-3H3. The summed E-state index contributed by atoms with van der Waals surface area (Å²) in [5.41, 5.74) is 0.549. The molecule has 1 aliphatic carbocycles. The highest BCUT2D eigenvalue weighted by atomic mass is 79.9. The van der Waals surface area contributed by atoms with Crippen LogP contribution in [0.5, 0.6) is 0 Å². The number of hydrogen-bond acceptors (Lipinski definition) is 1. The maximum atomic E-state index is 3.62. The minimum absolute atomic E-state index is 0.549. The molecule has 0 bridgehead atoms. The van der Waals surface area contributed by atoms with Crippen LogP contribution in [0, 0.1) is 12.3 Å². The van der Waals surface area contributed by atoms with E-state index in [0.29, 0.717) is 5.41 Å². The molecule has 0 radical (unpaired) electrons. The molecule has 0 amide bonds. The Kier molecular flexibility index (Phi) is 3.27. The number of rotatable bonds is 1. The first-order valence-electron chi connectivity index (χ1n) is 5.74. The Labute approximate surface area is 105 Å². The van der Waals surface area contributed by atoms with E-state index in [0.717, 1.165) is 5.92 Å². The summed E-state index contributed by atoms with van der Waals surface area (Å²) in [4.78, 5) is 3.01. The van der Waals surface area contributed by atoms with Gasteiger partial charge in [-0.2, -0.15) is 0 Å². The molecule has 0 spiro atoms. The lowest BCUT2D eigenvalue weighted by Crippen LogP contribution is -2.20. The Morgan fingerprint density at radius 2 is 2.20 bits per heavy atom. The first-order valence-corrected chi connectivity index (χ1v) is 7.35. The van der Waals surface area contributed by atoms with Crippen LogP contribution in [0.1, 0.15) is 55.2 Å². The van der Waals surface area contributed by atoms with Gasteiger partial charge in [-0.05, 0) is 59.5 Å². The van der Waals surface area contributed by atoms with Gasteiger partial charge in [-0.3, -0.25) is 0 Å². The summed E-state index contributed by atoms with van der Waals surface area (Å²) in [6.07, 6.45) is 5.54. The summed E-state index contributed by atoms with van der Waals surface area (Å²) in [5, 5.41) is 0. The van der Waals surface area contributed by atoms with Gasteiger partial charge in [-0.1, -0.05) is 20.3 Å². The molecule has 0 saturated heterocycles. The second-order valence-corrected chi connectivity index (χ2v) is 7.65. The summed E-state index contributed by atoms with van der Waals surface area (Å²) in [6, 6.07) is 2.34. The quantitative estimate of drug-likeness (QED) is 0.639. The number of aryl methyl sites for hydroxylation is 1. The molecule has 1 saturated carbocycles. The van der Waals surface area contributed by atoms with Gasteiger partial charge in [0.1, 0.15) is 0 Å². The van der Waals surface area contributed by atoms with Crippen LogP contribution in [0.25, 0.3) is 0 Å². The number of thiophene rings is 1. The highest BCUT2D eigenvalue weighted by molar-refractivity contribution is 9.10. The van der Waals surface area contributed by atoms with E-state index in [1.165, 1.54) is 35.0 Å². The van der Waals surface area contributed by atoms with Crippen molar-refractivity contribution in [2.45, 2.75) is 52.4 Å². The Morgan fingerprint density at radius 3 is 2.73 bits per heavy atom. The van der Waals surface area contributed by atoms with E-state index in [1.54, 1.807) is 4.88 Å². The van der Waals surface area contributed by atoms with Crippen LogP contribution in [-0.2, 0) is 0 Å². The highest BCUT2D eigenvalue weighted by Crippen LogP contribution is 2.46. The summed E-state index contributed by atoms with van der Waals surface area (Å²) in [7, 11) is 0. The van der Waals surface area contributed by atoms with Gasteiger partial charge in [0.25, 0.3) is 0 Å². The summed E-state index contributed by atoms with van der Waals surface area (Å²) < 4.78 is 1.30. The van der Waals surface area contributed by atoms with Crippen LogP contribution in [0.2, 0.25) is 0 Å². The third-order valence-electron chi connectivity index (χ3n) is 3.48. The van der Waals surface area contributed by atoms with Crippen LogP contribution in [0.4, 0.5) is 0 Å². The highest BCUT2D eigenvalue weighted by Gasteiger charge is 2.29. The molecule has 0 aliphatic heterocycles. The zero-order valence-electron chi connectivity index (χ0n) is 9.77. The van der Waals surface area contributed by atoms with E-state index in [1.807, 2.05) is 11.3 Å². The van der Waals surface area contributed by atoms with E-state index < -0.39 is 0 Å². The normalized spacial score (nSPS) is 25.5. The number of halogens is 1. The molecule has 0 N–H and O–H groups in total. The van der Waals surface area contributed by atoms with Crippen molar-refractivity contribution in [3.8, 4) is 0 Å². The molecule has 0 nitrogen and oxygen atoms in total. The van der Waals surface area contributed by atoms with E-state index in [-0.39, 0.29) is 0 Å². The summed E-state index contributed by atoms with van der Waals surface area (Å²) in [5.74, 6) is 0.809. The van der Waals surface area contributed by atoms with Crippen LogP contribution >= 0.6 is 27.3 Å². The first kappa shape index (κ1) is 11.7. The molecule has 1 unspecified atom stereocenters. The molecule has 1 atom stereocenters. The third-order valence-corrected chi connectivity index (χ3v) is 5.78. The molecule has 84 valence electrons. The van der Waals surface area contributed by atoms with Crippen molar-refractivity contribution in [2.75, 3.05) is 0 Å². The Hall–Kier alpha value is 0.180. The van der Waals surface area contributed by atoms with E-state index in [9.17, 15) is 0 Å². The molecular formula is C13H19BrS. The van der Waals surface area contributed by atoms with Gasteiger partial charge in [0, 0.05) is 14.2 Å². The van der Waals surface area contributed by atoms with Crippen molar-refractivity contribution in [3.63, 3.8) is 0 Å². The SMILES string of the molecule is Cc1sc(C2CCCC(C)(C)C2)cc1Br. The molecular weight excluding hydrogens is 268 g/mol. The molecule has 1 aromatic heterocycles. The van der Waals surface area contributed by atoms with Gasteiger partial charge in [-0.15, -0.1) is 11.3 Å². The van der Waals surface area contributed by atoms with Crippen molar-refractivity contribution in [1.82, 2.24) is 0 Å². The minimum Gasteiger partial charge on any atom is -0.144 e. The molecule has 1 aromatic rings. The minimum atomic E-state index is 0.549. The van der Waals surface area contributed by atoms with Crippen molar-refractivity contribution in [1.29, 1.82) is 0 Å². The first-order chi connectivity index (χ1) is 6.98. The molecule has 2 rings (SSSR count). The maximum Gasteiger partial charge on any atom is 0.0314 e. The molecule has 2 heteroatoms. The fourth-order valence-corrected chi connectivity index (χ4v) is 4.32. The predicted octanol–water partition coefficient (Wildman–Crippen LogP) is 5.50. The average molecular weight is 287 g/mol. The zero-order valence-corrected chi connectivity index (χ0v) is 12.2. The Balaban J connectivity index is 2.17. The second-order valence-electron chi connectivity index (χ2n) is 5.51. The van der Waals surface area contributed by atoms with E-state index >= 15 is 0 Å². The predicted molar refractivity (Wildman–Crippen MR) is 71.7 cm³/mol. The zero-order chi connectivity index (χ0) is 11.1. The van der Waals surface area contributed by atoms with E-state index in [4.69, 9.17) is 0 Å². The van der Waals surface area contributed by atoms with Gasteiger partial charge >= 0.3 is 0 Å². The lowest BCUT2D eigenvalue weighted by molar-refractivity contribution is 0.221. The van der Waals surface area contributed by atoms with Crippen LogP contribution in [0.15, 0.2) is 10.5 Å². The monoisotopic (exact) mass is 286 g/mol. The summed E-state index contributed by atoms with van der Waals surface area (Å²) in [6.45, 7) is 7.02. The summed E-state index contributed by atoms with van der Waals surface area (Å²) >= 11 is 5.60. The topological polar surface area (TPSA) is 0 Å². The second kappa shape index (κ2) is 4.21. The van der Waals surface area contributed by atoms with Crippen molar-refractivity contribution in [2.24, 2.45) is 5.41 Å². The smallest absolute Gasteiger partial charge is 0.0314 e. The van der Waals surface area contributed by atoms with Crippen molar-refractivity contribution >= 4 is 27.3 Å². The van der Waals surface area contributed by atoms with Gasteiger partial charge in [0.15, 0.2) is 0 Å². The van der Waals surface area contributed by atoms with Crippen LogP contribution < -0.4 is 0 Å². The van der Waals surface area contributed by atoms with Crippen LogP contribution in [0.3, 0.4) is 0 Å². The largest absolute Gasteiger partial charge is 0.144 e. The van der Waals surface area contributed by atoms with Gasteiger partial charge < -0.3 is 0 Å². The van der Waals surface area contributed by atoms with Gasteiger partial charge in [0.05, 0.1) is 0 Å². The molecule has 1 heterocycles. The number of hydrogen-bond donors (Lipinski definition) is 0. The van der Waals surface area contributed by atoms with Gasteiger partial charge in [0.2, 0.25) is 0 Å². The lowest BCUT2D eigenvalue weighted by Gasteiger charge is -2.34. The average Bonchev–Trinajstić information content (AvgIpc) is 2.45. The molecule has 1 aliphatic rings. The fraction of sp³-hybridized carbons (Fsp3) is 0.692. The lowest BCUT2D eigenvalue weighted by atomic mass is 9.72. The molecule has 1 fully saturated rings. The van der Waals surface area contributed by atoms with Crippen molar-refractivity contribution < 1.29 is 0 Å². The molecule has 0 aromatic carbocycles. The van der Waals surface area contributed by atoms with Gasteiger partial charge in [-0.25, -0.2) is 0 Å². The van der Waals surface area contributed by atoms with E-state index in [2.05, 4.69) is 42.8 Å². The Morgan fingerprint density at radius 1 is 1.47 bits per heavy atom. The fourth-order valence-electron chi connectivity index (χ4n) is 2.62. The van der Waals surface area contributed by atoms with Crippen LogP contribution in [-0.4, -0.2) is 0 Å². The molecule has 15 heavy (non-hydrogen) atoms.